The van der Waals surface area contributed by atoms with Crippen LogP contribution in [0.3, 0.4) is 0 Å². The van der Waals surface area contributed by atoms with E-state index in [4.69, 9.17) is 4.74 Å². The van der Waals surface area contributed by atoms with Crippen LogP contribution < -0.4 is 0 Å². The molecule has 0 bridgehead atoms. The van der Waals surface area contributed by atoms with Crippen LogP contribution in [0.4, 0.5) is 0 Å². The summed E-state index contributed by atoms with van der Waals surface area (Å²) < 4.78 is 8.19. The number of nitrogens with zero attached hydrogens (tertiary/aromatic N) is 4. The number of carbonyl (C=O) groups excluding carboxylic acids is 1. The van der Waals surface area contributed by atoms with Crippen molar-refractivity contribution in [2.45, 2.75) is 25.3 Å². The number of hydrogen-bond acceptors (Lipinski definition) is 4. The predicted molar refractivity (Wildman–Crippen MR) is 93.9 cm³/mol. The van der Waals surface area contributed by atoms with Gasteiger partial charge < -0.3 is 14.2 Å². The van der Waals surface area contributed by atoms with E-state index in [1.807, 2.05) is 29.2 Å². The molecule has 1 saturated heterocycles. The van der Waals surface area contributed by atoms with Crippen LogP contribution in [0.1, 0.15) is 35.1 Å². The van der Waals surface area contributed by atoms with Crippen LogP contribution in [0.5, 0.6) is 0 Å². The molecule has 0 N–H and O–H groups in total. The number of methoxy groups -OCH3 is 1. The molecular weight excluding hydrogens is 372 g/mol. The number of piperidine rings is 1. The second-order valence-electron chi connectivity index (χ2n) is 5.93. The van der Waals surface area contributed by atoms with Crippen molar-refractivity contribution in [3.8, 4) is 0 Å². The number of ether oxygens (including phenoxy) is 1. The number of amides is 1. The molecule has 0 unspecified atom stereocenters. The van der Waals surface area contributed by atoms with Crippen LogP contribution in [0.15, 0.2) is 35.1 Å². The van der Waals surface area contributed by atoms with E-state index in [0.29, 0.717) is 12.6 Å². The average Bonchev–Trinajstić information content (AvgIpc) is 3.08. The van der Waals surface area contributed by atoms with E-state index in [1.165, 1.54) is 0 Å². The van der Waals surface area contributed by atoms with Crippen molar-refractivity contribution in [2.75, 3.05) is 26.8 Å². The van der Waals surface area contributed by atoms with E-state index in [-0.39, 0.29) is 5.91 Å². The number of benzene rings is 1. The summed E-state index contributed by atoms with van der Waals surface area (Å²) in [5, 5.41) is 8.22. The highest BCUT2D eigenvalue weighted by Crippen LogP contribution is 2.25. The highest BCUT2D eigenvalue weighted by molar-refractivity contribution is 9.10. The van der Waals surface area contributed by atoms with Crippen LogP contribution in [-0.4, -0.2) is 52.4 Å². The Bertz CT molecular complexity index is 695. The van der Waals surface area contributed by atoms with Gasteiger partial charge in [0.25, 0.3) is 5.91 Å². The fourth-order valence-corrected chi connectivity index (χ4v) is 3.49. The minimum absolute atomic E-state index is 0.0955. The lowest BCUT2D eigenvalue weighted by atomic mass is 10.0. The van der Waals surface area contributed by atoms with Crippen molar-refractivity contribution in [2.24, 2.45) is 0 Å². The number of likely N-dealkylation sites (tertiary alicyclic amines) is 1. The molecule has 0 atom stereocenters. The molecule has 0 saturated carbocycles. The van der Waals surface area contributed by atoms with Crippen molar-refractivity contribution < 1.29 is 9.53 Å². The zero-order valence-corrected chi connectivity index (χ0v) is 15.3. The lowest BCUT2D eigenvalue weighted by Gasteiger charge is -2.33. The summed E-state index contributed by atoms with van der Waals surface area (Å²) >= 11 is 3.42. The Balaban J connectivity index is 1.62. The summed E-state index contributed by atoms with van der Waals surface area (Å²) in [7, 11) is 1.69. The van der Waals surface area contributed by atoms with Gasteiger partial charge in [-0.15, -0.1) is 10.2 Å². The second kappa shape index (κ2) is 7.90. The third-order valence-corrected chi connectivity index (χ3v) is 4.89. The molecule has 1 aromatic heterocycles. The van der Waals surface area contributed by atoms with Crippen molar-refractivity contribution in [3.63, 3.8) is 0 Å². The van der Waals surface area contributed by atoms with Gasteiger partial charge in [-0.05, 0) is 31.0 Å². The molecule has 1 fully saturated rings. The first kappa shape index (κ1) is 17.1. The number of hydrogen-bond donors (Lipinski definition) is 0. The largest absolute Gasteiger partial charge is 0.384 e. The Morgan fingerprint density at radius 2 is 2.17 bits per heavy atom. The zero-order valence-electron chi connectivity index (χ0n) is 13.7. The summed E-state index contributed by atoms with van der Waals surface area (Å²) in [6.07, 6.45) is 4.38. The molecule has 6 nitrogen and oxygen atoms in total. The van der Waals surface area contributed by atoms with Gasteiger partial charge in [0, 0.05) is 42.7 Å². The Morgan fingerprint density at radius 3 is 2.88 bits per heavy atom. The fourth-order valence-electron chi connectivity index (χ4n) is 3.10. The molecule has 7 heteroatoms. The number of aromatic nitrogens is 3. The smallest absolute Gasteiger partial charge is 0.253 e. The standard InChI is InChI=1S/C17H21BrN4O2/c1-24-10-7-16-20-19-12-22(16)15-5-8-21(9-6-15)17(23)13-3-2-4-14(18)11-13/h2-4,11-12,15H,5-10H2,1H3. The summed E-state index contributed by atoms with van der Waals surface area (Å²) in [6, 6.07) is 7.90. The van der Waals surface area contributed by atoms with Crippen molar-refractivity contribution in [1.29, 1.82) is 0 Å². The number of carbonyl (C=O) groups is 1. The van der Waals surface area contributed by atoms with E-state index in [1.54, 1.807) is 13.4 Å². The summed E-state index contributed by atoms with van der Waals surface area (Å²) in [5.41, 5.74) is 0.730. The number of rotatable bonds is 5. The van der Waals surface area contributed by atoms with Crippen LogP contribution in [-0.2, 0) is 11.2 Å². The molecule has 3 rings (SSSR count). The van der Waals surface area contributed by atoms with Gasteiger partial charge in [-0.25, -0.2) is 0 Å². The third-order valence-electron chi connectivity index (χ3n) is 4.39. The maximum Gasteiger partial charge on any atom is 0.253 e. The van der Waals surface area contributed by atoms with E-state index in [9.17, 15) is 4.79 Å². The Kier molecular flexibility index (Phi) is 5.63. The monoisotopic (exact) mass is 392 g/mol. The molecule has 1 aromatic carbocycles. The summed E-state index contributed by atoms with van der Waals surface area (Å²) in [6.45, 7) is 2.13. The van der Waals surface area contributed by atoms with E-state index in [0.717, 1.165) is 48.2 Å². The molecule has 0 aliphatic carbocycles. The molecule has 0 spiro atoms. The minimum atomic E-state index is 0.0955. The quantitative estimate of drug-likeness (QED) is 0.784. The maximum absolute atomic E-state index is 12.6. The molecule has 1 amide bonds. The van der Waals surface area contributed by atoms with Crippen LogP contribution in [0.25, 0.3) is 0 Å². The first-order chi connectivity index (χ1) is 11.7. The molecular formula is C17H21BrN4O2. The van der Waals surface area contributed by atoms with E-state index in [2.05, 4.69) is 30.7 Å². The first-order valence-corrected chi connectivity index (χ1v) is 8.90. The highest BCUT2D eigenvalue weighted by Gasteiger charge is 2.26. The van der Waals surface area contributed by atoms with Gasteiger partial charge >= 0.3 is 0 Å². The van der Waals surface area contributed by atoms with Gasteiger partial charge in [0.2, 0.25) is 0 Å². The summed E-state index contributed by atoms with van der Waals surface area (Å²) in [5.74, 6) is 1.05. The Labute approximate surface area is 149 Å². The van der Waals surface area contributed by atoms with Crippen LogP contribution in [0.2, 0.25) is 0 Å². The zero-order chi connectivity index (χ0) is 16.9. The normalized spacial score (nSPS) is 15.7. The van der Waals surface area contributed by atoms with E-state index < -0.39 is 0 Å². The molecule has 24 heavy (non-hydrogen) atoms. The fraction of sp³-hybridized carbons (Fsp3) is 0.471. The van der Waals surface area contributed by atoms with Crippen LogP contribution in [0, 0.1) is 0 Å². The van der Waals surface area contributed by atoms with Gasteiger partial charge in [-0.2, -0.15) is 0 Å². The SMILES string of the molecule is COCCc1nncn1C1CCN(C(=O)c2cccc(Br)c2)CC1. The maximum atomic E-state index is 12.6. The van der Waals surface area contributed by atoms with Crippen molar-refractivity contribution >= 4 is 21.8 Å². The lowest BCUT2D eigenvalue weighted by molar-refractivity contribution is 0.0693. The van der Waals surface area contributed by atoms with Crippen molar-refractivity contribution in [3.05, 3.63) is 46.5 Å². The molecule has 1 aliphatic rings. The van der Waals surface area contributed by atoms with Gasteiger partial charge in [0.15, 0.2) is 0 Å². The Morgan fingerprint density at radius 1 is 1.38 bits per heavy atom. The molecule has 128 valence electrons. The predicted octanol–water partition coefficient (Wildman–Crippen LogP) is 2.71. The topological polar surface area (TPSA) is 60.3 Å². The lowest BCUT2D eigenvalue weighted by Crippen LogP contribution is -2.39. The first-order valence-electron chi connectivity index (χ1n) is 8.11. The Hall–Kier alpha value is -1.73. The van der Waals surface area contributed by atoms with Gasteiger partial charge in [-0.3, -0.25) is 4.79 Å². The van der Waals surface area contributed by atoms with E-state index >= 15 is 0 Å². The van der Waals surface area contributed by atoms with Gasteiger partial charge in [-0.1, -0.05) is 22.0 Å². The molecule has 0 radical (unpaired) electrons. The third kappa shape index (κ3) is 3.84. The van der Waals surface area contributed by atoms with Gasteiger partial charge in [0.1, 0.15) is 12.2 Å². The second-order valence-corrected chi connectivity index (χ2v) is 6.85. The molecule has 2 heterocycles. The molecule has 2 aromatic rings. The molecule has 1 aliphatic heterocycles. The average molecular weight is 393 g/mol. The highest BCUT2D eigenvalue weighted by atomic mass is 79.9. The number of halogens is 1. The van der Waals surface area contributed by atoms with Crippen molar-refractivity contribution in [1.82, 2.24) is 19.7 Å². The summed E-state index contributed by atoms with van der Waals surface area (Å²) in [4.78, 5) is 14.5. The van der Waals surface area contributed by atoms with Gasteiger partial charge in [0.05, 0.1) is 6.61 Å². The van der Waals surface area contributed by atoms with Crippen LogP contribution >= 0.6 is 15.9 Å². The minimum Gasteiger partial charge on any atom is -0.384 e.